The molecule has 0 atom stereocenters. The van der Waals surface area contributed by atoms with Gasteiger partial charge in [0.05, 0.1) is 12.7 Å². The molecule has 0 aliphatic heterocycles. The summed E-state index contributed by atoms with van der Waals surface area (Å²) in [6.07, 6.45) is 0. The van der Waals surface area contributed by atoms with Crippen LogP contribution in [0.2, 0.25) is 0 Å². The lowest BCUT2D eigenvalue weighted by Crippen LogP contribution is -2.04. The van der Waals surface area contributed by atoms with E-state index in [1.165, 1.54) is 7.11 Å². The largest absolute Gasteiger partial charge is 0.465 e. The van der Waals surface area contributed by atoms with Crippen LogP contribution < -0.4 is 0 Å². The highest BCUT2D eigenvalue weighted by Gasteiger charge is 2.11. The maximum absolute atomic E-state index is 11.2. The van der Waals surface area contributed by atoms with Crippen LogP contribution in [-0.2, 0) is 4.74 Å². The maximum atomic E-state index is 11.2. The summed E-state index contributed by atoms with van der Waals surface area (Å²) in [6.45, 7) is 1.85. The molecule has 1 rings (SSSR count). The average Bonchev–Trinajstić information content (AvgIpc) is 2.03. The predicted molar refractivity (Wildman–Crippen MR) is 49.8 cm³/mol. The molecule has 64 valence electrons. The average molecular weight is 182 g/mol. The number of methoxy groups -OCH3 is 1. The van der Waals surface area contributed by atoms with Gasteiger partial charge in [0.15, 0.2) is 0 Å². The van der Waals surface area contributed by atoms with E-state index >= 15 is 0 Å². The number of carbonyl (C=O) groups excluding carboxylic acids is 1. The van der Waals surface area contributed by atoms with E-state index in [4.69, 9.17) is 0 Å². The molecule has 3 heteroatoms. The second kappa shape index (κ2) is 3.63. The Hall–Kier alpha value is -0.960. The molecular formula is C9H10O2S. The van der Waals surface area contributed by atoms with Crippen LogP contribution in [-0.4, -0.2) is 13.1 Å². The molecule has 0 saturated heterocycles. The molecule has 0 N–H and O–H groups in total. The number of carbonyl (C=O) groups is 1. The van der Waals surface area contributed by atoms with E-state index in [-0.39, 0.29) is 5.97 Å². The number of rotatable bonds is 1. The molecule has 0 radical (unpaired) electrons. The number of hydrogen-bond donors (Lipinski definition) is 1. The van der Waals surface area contributed by atoms with Crippen LogP contribution >= 0.6 is 12.6 Å². The van der Waals surface area contributed by atoms with Crippen LogP contribution in [0.3, 0.4) is 0 Å². The highest BCUT2D eigenvalue weighted by molar-refractivity contribution is 7.80. The Morgan fingerprint density at radius 1 is 1.50 bits per heavy atom. The van der Waals surface area contributed by atoms with Gasteiger partial charge < -0.3 is 4.74 Å². The Morgan fingerprint density at radius 3 is 2.67 bits per heavy atom. The summed E-state index contributed by atoms with van der Waals surface area (Å²) in [5.74, 6) is -0.335. The number of aryl methyl sites for hydroxylation is 1. The van der Waals surface area contributed by atoms with Crippen molar-refractivity contribution >= 4 is 18.6 Å². The predicted octanol–water partition coefficient (Wildman–Crippen LogP) is 2.07. The number of ether oxygens (including phenoxy) is 1. The summed E-state index contributed by atoms with van der Waals surface area (Å²) in [6, 6.07) is 5.47. The highest BCUT2D eigenvalue weighted by atomic mass is 32.1. The zero-order chi connectivity index (χ0) is 9.14. The van der Waals surface area contributed by atoms with Gasteiger partial charge in [0, 0.05) is 4.90 Å². The van der Waals surface area contributed by atoms with Crippen LogP contribution in [0.4, 0.5) is 0 Å². The van der Waals surface area contributed by atoms with Crippen molar-refractivity contribution in [2.45, 2.75) is 11.8 Å². The van der Waals surface area contributed by atoms with Crippen molar-refractivity contribution in [3.63, 3.8) is 0 Å². The molecule has 0 unspecified atom stereocenters. The second-order valence-electron chi connectivity index (χ2n) is 2.46. The molecule has 0 aliphatic rings. The van der Waals surface area contributed by atoms with Gasteiger partial charge in [0.2, 0.25) is 0 Å². The summed E-state index contributed by atoms with van der Waals surface area (Å²) < 4.78 is 4.61. The van der Waals surface area contributed by atoms with E-state index in [0.29, 0.717) is 10.5 Å². The molecule has 0 amide bonds. The SMILES string of the molecule is COC(=O)c1c(C)cccc1S. The van der Waals surface area contributed by atoms with Crippen LogP contribution in [0, 0.1) is 6.92 Å². The summed E-state index contributed by atoms with van der Waals surface area (Å²) >= 11 is 4.16. The molecular weight excluding hydrogens is 172 g/mol. The lowest BCUT2D eigenvalue weighted by Gasteiger charge is -2.05. The maximum Gasteiger partial charge on any atom is 0.339 e. The summed E-state index contributed by atoms with van der Waals surface area (Å²) in [5.41, 5.74) is 1.43. The van der Waals surface area contributed by atoms with E-state index in [2.05, 4.69) is 17.4 Å². The van der Waals surface area contributed by atoms with Crippen LogP contribution in [0.5, 0.6) is 0 Å². The number of hydrogen-bond acceptors (Lipinski definition) is 3. The summed E-state index contributed by atoms with van der Waals surface area (Å²) in [7, 11) is 1.36. The zero-order valence-corrected chi connectivity index (χ0v) is 7.89. The molecule has 12 heavy (non-hydrogen) atoms. The van der Waals surface area contributed by atoms with Crippen LogP contribution in [0.15, 0.2) is 23.1 Å². The van der Waals surface area contributed by atoms with Crippen molar-refractivity contribution in [2.24, 2.45) is 0 Å². The summed E-state index contributed by atoms with van der Waals surface area (Å²) in [4.78, 5) is 11.8. The Morgan fingerprint density at radius 2 is 2.17 bits per heavy atom. The normalized spacial score (nSPS) is 9.58. The van der Waals surface area contributed by atoms with Crippen LogP contribution in [0.1, 0.15) is 15.9 Å². The van der Waals surface area contributed by atoms with Gasteiger partial charge in [0.25, 0.3) is 0 Å². The third kappa shape index (κ3) is 1.61. The third-order valence-electron chi connectivity index (χ3n) is 1.64. The molecule has 0 bridgehead atoms. The minimum atomic E-state index is -0.335. The van der Waals surface area contributed by atoms with Gasteiger partial charge in [-0.15, -0.1) is 12.6 Å². The van der Waals surface area contributed by atoms with E-state index in [0.717, 1.165) is 5.56 Å². The first kappa shape index (κ1) is 9.13. The molecule has 0 aliphatic carbocycles. The molecule has 1 aromatic carbocycles. The Balaban J connectivity index is 3.21. The monoisotopic (exact) mass is 182 g/mol. The lowest BCUT2D eigenvalue weighted by atomic mass is 10.1. The first-order valence-corrected chi connectivity index (χ1v) is 3.98. The molecule has 0 saturated carbocycles. The van der Waals surface area contributed by atoms with Gasteiger partial charge in [-0.3, -0.25) is 0 Å². The first-order valence-electron chi connectivity index (χ1n) is 3.53. The Labute approximate surface area is 77.0 Å². The number of esters is 1. The molecule has 0 fully saturated rings. The van der Waals surface area contributed by atoms with Gasteiger partial charge in [-0.1, -0.05) is 12.1 Å². The fourth-order valence-corrected chi connectivity index (χ4v) is 1.37. The van der Waals surface area contributed by atoms with Gasteiger partial charge in [0.1, 0.15) is 0 Å². The van der Waals surface area contributed by atoms with Gasteiger partial charge in [-0.2, -0.15) is 0 Å². The minimum Gasteiger partial charge on any atom is -0.465 e. The van der Waals surface area contributed by atoms with E-state index in [1.807, 2.05) is 19.1 Å². The second-order valence-corrected chi connectivity index (χ2v) is 2.94. The third-order valence-corrected chi connectivity index (χ3v) is 2.01. The van der Waals surface area contributed by atoms with Gasteiger partial charge in [-0.25, -0.2) is 4.79 Å². The molecule has 2 nitrogen and oxygen atoms in total. The molecule has 1 aromatic rings. The van der Waals surface area contributed by atoms with E-state index in [9.17, 15) is 4.79 Å². The topological polar surface area (TPSA) is 26.3 Å². The quantitative estimate of drug-likeness (QED) is 0.531. The standard InChI is InChI=1S/C9H10O2S/c1-6-4-3-5-7(12)8(6)9(10)11-2/h3-5,12H,1-2H3. The van der Waals surface area contributed by atoms with Crippen molar-refractivity contribution in [1.82, 2.24) is 0 Å². The van der Waals surface area contributed by atoms with Gasteiger partial charge >= 0.3 is 5.97 Å². The van der Waals surface area contributed by atoms with Gasteiger partial charge in [-0.05, 0) is 18.6 Å². The molecule has 0 aromatic heterocycles. The molecule has 0 spiro atoms. The van der Waals surface area contributed by atoms with Crippen molar-refractivity contribution in [2.75, 3.05) is 7.11 Å². The first-order chi connectivity index (χ1) is 5.66. The zero-order valence-electron chi connectivity index (χ0n) is 7.00. The number of thiol groups is 1. The van der Waals surface area contributed by atoms with Crippen molar-refractivity contribution in [3.05, 3.63) is 29.3 Å². The highest BCUT2D eigenvalue weighted by Crippen LogP contribution is 2.18. The van der Waals surface area contributed by atoms with E-state index in [1.54, 1.807) is 6.07 Å². The van der Waals surface area contributed by atoms with Crippen molar-refractivity contribution in [3.8, 4) is 0 Å². The Kier molecular flexibility index (Phi) is 2.76. The fourth-order valence-electron chi connectivity index (χ4n) is 1.02. The smallest absolute Gasteiger partial charge is 0.339 e. The van der Waals surface area contributed by atoms with Crippen molar-refractivity contribution in [1.29, 1.82) is 0 Å². The van der Waals surface area contributed by atoms with E-state index < -0.39 is 0 Å². The lowest BCUT2D eigenvalue weighted by molar-refractivity contribution is 0.0596. The summed E-state index contributed by atoms with van der Waals surface area (Å²) in [5, 5.41) is 0. The minimum absolute atomic E-state index is 0.335. The van der Waals surface area contributed by atoms with Crippen LogP contribution in [0.25, 0.3) is 0 Å². The Bertz CT molecular complexity index is 287. The number of benzene rings is 1. The van der Waals surface area contributed by atoms with Crippen molar-refractivity contribution < 1.29 is 9.53 Å². The molecule has 0 heterocycles. The fraction of sp³-hybridized carbons (Fsp3) is 0.222.